The fourth-order valence-electron chi connectivity index (χ4n) is 1.48. The van der Waals surface area contributed by atoms with Crippen molar-refractivity contribution in [3.8, 4) is 0 Å². The molecule has 2 heterocycles. The summed E-state index contributed by atoms with van der Waals surface area (Å²) < 4.78 is 1.85. The Kier molecular flexibility index (Phi) is 1.99. The van der Waals surface area contributed by atoms with Crippen molar-refractivity contribution in [2.24, 2.45) is 0 Å². The van der Waals surface area contributed by atoms with Crippen LogP contribution in [0.5, 0.6) is 0 Å². The largest absolute Gasteiger partial charge is 0.334 e. The standard InChI is InChI=1S/C8H10N4OS/c1-3-5-9-4(2)6-10-7(14)11-8(13)12(5)6/h3H2,1-2H3,(H2,10,11,13,14). The van der Waals surface area contributed by atoms with Crippen LogP contribution in [0.1, 0.15) is 18.4 Å². The first-order valence-electron chi connectivity index (χ1n) is 4.34. The van der Waals surface area contributed by atoms with Crippen LogP contribution >= 0.6 is 12.2 Å². The van der Waals surface area contributed by atoms with E-state index < -0.39 is 0 Å². The summed E-state index contributed by atoms with van der Waals surface area (Å²) in [6.45, 7) is 3.80. The van der Waals surface area contributed by atoms with Gasteiger partial charge in [0.15, 0.2) is 4.77 Å². The Morgan fingerprint density at radius 3 is 2.86 bits per heavy atom. The van der Waals surface area contributed by atoms with Gasteiger partial charge in [0.2, 0.25) is 0 Å². The molecule has 0 bridgehead atoms. The Morgan fingerprint density at radius 2 is 2.21 bits per heavy atom. The van der Waals surface area contributed by atoms with Crippen molar-refractivity contribution in [1.82, 2.24) is 19.4 Å². The molecule has 2 aromatic heterocycles. The van der Waals surface area contributed by atoms with Gasteiger partial charge in [0.1, 0.15) is 11.5 Å². The summed E-state index contributed by atoms with van der Waals surface area (Å²) in [5.41, 5.74) is 1.23. The average Bonchev–Trinajstić information content (AvgIpc) is 2.43. The van der Waals surface area contributed by atoms with Gasteiger partial charge in [-0.1, -0.05) is 6.92 Å². The van der Waals surface area contributed by atoms with E-state index in [9.17, 15) is 4.79 Å². The molecule has 0 fully saturated rings. The zero-order valence-corrected chi connectivity index (χ0v) is 8.73. The van der Waals surface area contributed by atoms with Crippen molar-refractivity contribution in [3.05, 3.63) is 26.8 Å². The van der Waals surface area contributed by atoms with Gasteiger partial charge < -0.3 is 4.98 Å². The van der Waals surface area contributed by atoms with Gasteiger partial charge in [-0.25, -0.2) is 14.2 Å². The number of aromatic amines is 2. The summed E-state index contributed by atoms with van der Waals surface area (Å²) in [5.74, 6) is 0.741. The number of hydrogen-bond acceptors (Lipinski definition) is 3. The van der Waals surface area contributed by atoms with Gasteiger partial charge in [-0.15, -0.1) is 0 Å². The van der Waals surface area contributed by atoms with Gasteiger partial charge in [0.25, 0.3) is 0 Å². The van der Waals surface area contributed by atoms with Gasteiger partial charge in [-0.2, -0.15) is 0 Å². The number of hydrogen-bond donors (Lipinski definition) is 2. The number of imidazole rings is 1. The Balaban J connectivity index is 3.04. The molecule has 2 aromatic rings. The molecule has 14 heavy (non-hydrogen) atoms. The first-order chi connectivity index (χ1) is 6.63. The van der Waals surface area contributed by atoms with Crippen LogP contribution in [0.25, 0.3) is 5.65 Å². The van der Waals surface area contributed by atoms with E-state index in [1.54, 1.807) is 0 Å². The fourth-order valence-corrected chi connectivity index (χ4v) is 1.67. The van der Waals surface area contributed by atoms with Crippen LogP contribution in [0.2, 0.25) is 0 Å². The molecular formula is C8H10N4OS. The van der Waals surface area contributed by atoms with E-state index in [0.717, 1.165) is 11.5 Å². The second-order valence-corrected chi connectivity index (χ2v) is 3.44. The molecule has 0 amide bonds. The highest BCUT2D eigenvalue weighted by Crippen LogP contribution is 2.06. The lowest BCUT2D eigenvalue weighted by molar-refractivity contribution is 0.853. The highest BCUT2D eigenvalue weighted by atomic mass is 32.1. The number of rotatable bonds is 1. The third-order valence-corrected chi connectivity index (χ3v) is 2.30. The first-order valence-corrected chi connectivity index (χ1v) is 4.75. The van der Waals surface area contributed by atoms with E-state index in [2.05, 4.69) is 15.0 Å². The summed E-state index contributed by atoms with van der Waals surface area (Å²) in [7, 11) is 0. The van der Waals surface area contributed by atoms with Crippen molar-refractivity contribution >= 4 is 17.9 Å². The minimum absolute atomic E-state index is 0.235. The third-order valence-electron chi connectivity index (χ3n) is 2.09. The summed E-state index contributed by atoms with van der Waals surface area (Å²) >= 11 is 4.88. The zero-order chi connectivity index (χ0) is 10.3. The molecule has 0 aliphatic heterocycles. The van der Waals surface area contributed by atoms with Crippen LogP contribution in [0, 0.1) is 11.7 Å². The maximum absolute atomic E-state index is 11.6. The summed E-state index contributed by atoms with van der Waals surface area (Å²) in [6.07, 6.45) is 0.711. The number of aromatic nitrogens is 4. The minimum atomic E-state index is -0.235. The molecule has 2 N–H and O–H groups in total. The van der Waals surface area contributed by atoms with Crippen LogP contribution in [-0.4, -0.2) is 19.4 Å². The Hall–Kier alpha value is -1.43. The van der Waals surface area contributed by atoms with E-state index >= 15 is 0 Å². The summed E-state index contributed by atoms with van der Waals surface area (Å²) in [4.78, 5) is 21.3. The molecule has 0 aliphatic carbocycles. The smallest absolute Gasteiger partial charge is 0.316 e. The van der Waals surface area contributed by atoms with E-state index in [1.807, 2.05) is 13.8 Å². The number of nitrogens with one attached hydrogen (secondary N) is 2. The number of fused-ring (bicyclic) bond motifs is 1. The quantitative estimate of drug-likeness (QED) is 0.689. The molecule has 5 nitrogen and oxygen atoms in total. The second-order valence-electron chi connectivity index (χ2n) is 3.04. The van der Waals surface area contributed by atoms with Crippen LogP contribution in [0.15, 0.2) is 4.79 Å². The third kappa shape index (κ3) is 1.19. The Bertz CT molecular complexity index is 591. The van der Waals surface area contributed by atoms with Crippen molar-refractivity contribution in [2.75, 3.05) is 0 Å². The van der Waals surface area contributed by atoms with Gasteiger partial charge in [0.05, 0.1) is 5.69 Å². The Labute approximate surface area is 84.8 Å². The van der Waals surface area contributed by atoms with Crippen molar-refractivity contribution in [3.63, 3.8) is 0 Å². The molecule has 0 aromatic carbocycles. The topological polar surface area (TPSA) is 66.0 Å². The molecule has 0 unspecified atom stereocenters. The average molecular weight is 210 g/mol. The van der Waals surface area contributed by atoms with Crippen molar-refractivity contribution in [2.45, 2.75) is 20.3 Å². The van der Waals surface area contributed by atoms with Gasteiger partial charge in [-0.3, -0.25) is 4.98 Å². The molecule has 0 aliphatic rings. The molecule has 0 saturated carbocycles. The predicted octanol–water partition coefficient (Wildman–Crippen LogP) is 0.951. The Morgan fingerprint density at radius 1 is 1.50 bits per heavy atom. The molecule has 0 spiro atoms. The molecule has 2 rings (SSSR count). The highest BCUT2D eigenvalue weighted by Gasteiger charge is 2.08. The van der Waals surface area contributed by atoms with Crippen LogP contribution < -0.4 is 5.69 Å². The SMILES string of the molecule is CCc1nc(C)c2[nH]c(=S)[nH]c(=O)n12. The molecule has 6 heteroatoms. The van der Waals surface area contributed by atoms with E-state index in [0.29, 0.717) is 16.8 Å². The van der Waals surface area contributed by atoms with Crippen LogP contribution in [0.4, 0.5) is 0 Å². The van der Waals surface area contributed by atoms with E-state index in [4.69, 9.17) is 12.2 Å². The van der Waals surface area contributed by atoms with E-state index in [1.165, 1.54) is 4.40 Å². The van der Waals surface area contributed by atoms with Gasteiger partial charge >= 0.3 is 5.69 Å². The number of nitrogens with zero attached hydrogens (tertiary/aromatic N) is 2. The van der Waals surface area contributed by atoms with E-state index in [-0.39, 0.29) is 5.69 Å². The van der Waals surface area contributed by atoms with Crippen LogP contribution in [-0.2, 0) is 6.42 Å². The van der Waals surface area contributed by atoms with Gasteiger partial charge in [0, 0.05) is 6.42 Å². The molecule has 0 atom stereocenters. The lowest BCUT2D eigenvalue weighted by Gasteiger charge is -1.95. The highest BCUT2D eigenvalue weighted by molar-refractivity contribution is 7.71. The van der Waals surface area contributed by atoms with Crippen molar-refractivity contribution < 1.29 is 0 Å². The van der Waals surface area contributed by atoms with Gasteiger partial charge in [-0.05, 0) is 19.1 Å². The summed E-state index contributed by atoms with van der Waals surface area (Å²) in [5, 5.41) is 0. The monoisotopic (exact) mass is 210 g/mol. The molecule has 74 valence electrons. The second kappa shape index (κ2) is 3.06. The maximum Gasteiger partial charge on any atom is 0.334 e. The first kappa shape index (κ1) is 9.14. The molecular weight excluding hydrogens is 200 g/mol. The predicted molar refractivity (Wildman–Crippen MR) is 55.1 cm³/mol. The normalized spacial score (nSPS) is 11.0. The maximum atomic E-state index is 11.6. The summed E-state index contributed by atoms with van der Waals surface area (Å²) in [6, 6.07) is 0. The molecule has 0 radical (unpaired) electrons. The lowest BCUT2D eigenvalue weighted by atomic mass is 10.5. The van der Waals surface area contributed by atoms with Crippen LogP contribution in [0.3, 0.4) is 0 Å². The number of aryl methyl sites for hydroxylation is 2. The molecule has 0 saturated heterocycles. The number of H-pyrrole nitrogens is 2. The zero-order valence-electron chi connectivity index (χ0n) is 7.92. The fraction of sp³-hybridized carbons (Fsp3) is 0.375. The lowest BCUT2D eigenvalue weighted by Crippen LogP contribution is -2.19. The minimum Gasteiger partial charge on any atom is -0.316 e. The van der Waals surface area contributed by atoms with Crippen molar-refractivity contribution in [1.29, 1.82) is 0 Å².